The quantitative estimate of drug-likeness (QED) is 0.448. The van der Waals surface area contributed by atoms with Crippen molar-refractivity contribution in [1.29, 1.82) is 0 Å². The van der Waals surface area contributed by atoms with E-state index in [0.717, 1.165) is 0 Å². The summed E-state index contributed by atoms with van der Waals surface area (Å²) >= 11 is 0. The minimum Gasteiger partial charge on any atom is -0.309 e. The Hall–Kier alpha value is -2.78. The molecular formula is C17H17N3O5S. The number of nitro groups is 1. The van der Waals surface area contributed by atoms with Crippen LogP contribution in [0.5, 0.6) is 0 Å². The molecule has 1 atom stereocenters. The number of nitrogens with one attached hydrogen (secondary N) is 1. The Morgan fingerprint density at radius 2 is 1.77 bits per heavy atom. The van der Waals surface area contributed by atoms with Crippen LogP contribution in [0.15, 0.2) is 54.6 Å². The first-order valence-electron chi connectivity index (χ1n) is 7.96. The van der Waals surface area contributed by atoms with Gasteiger partial charge in [-0.05, 0) is 18.6 Å². The standard InChI is InChI=1S/C17H17N3O5S/c21-17-15(12-19(17)14-7-2-1-3-8-14)18-26(24,25)11-10-13-6-4-5-9-16(13)20(22)23/h1-9,15,18H,10-12H2/t15-/m0/s1. The first-order chi connectivity index (χ1) is 12.4. The van der Waals surface area contributed by atoms with E-state index in [4.69, 9.17) is 0 Å². The highest BCUT2D eigenvalue weighted by molar-refractivity contribution is 7.89. The van der Waals surface area contributed by atoms with Gasteiger partial charge in [0.2, 0.25) is 15.9 Å². The number of amides is 1. The Morgan fingerprint density at radius 1 is 1.12 bits per heavy atom. The molecule has 0 bridgehead atoms. The Balaban J connectivity index is 1.59. The van der Waals surface area contributed by atoms with Crippen LogP contribution in [0.25, 0.3) is 0 Å². The number of hydrogen-bond acceptors (Lipinski definition) is 5. The topological polar surface area (TPSA) is 110 Å². The van der Waals surface area contributed by atoms with Gasteiger partial charge < -0.3 is 4.90 Å². The average molecular weight is 375 g/mol. The molecule has 136 valence electrons. The molecule has 26 heavy (non-hydrogen) atoms. The van der Waals surface area contributed by atoms with Crippen molar-refractivity contribution < 1.29 is 18.1 Å². The second kappa shape index (κ2) is 7.22. The zero-order valence-electron chi connectivity index (χ0n) is 13.7. The van der Waals surface area contributed by atoms with E-state index in [-0.39, 0.29) is 30.3 Å². The molecule has 3 rings (SSSR count). The van der Waals surface area contributed by atoms with Crippen LogP contribution in [0, 0.1) is 10.1 Å². The van der Waals surface area contributed by atoms with Crippen molar-refractivity contribution in [3.8, 4) is 0 Å². The number of anilines is 1. The van der Waals surface area contributed by atoms with E-state index in [9.17, 15) is 23.3 Å². The van der Waals surface area contributed by atoms with Crippen molar-refractivity contribution >= 4 is 27.3 Å². The van der Waals surface area contributed by atoms with Gasteiger partial charge in [-0.15, -0.1) is 0 Å². The summed E-state index contributed by atoms with van der Waals surface area (Å²) in [6, 6.07) is 14.2. The molecule has 0 aromatic heterocycles. The first kappa shape index (κ1) is 18.0. The molecule has 1 N–H and O–H groups in total. The van der Waals surface area contributed by atoms with Gasteiger partial charge in [-0.25, -0.2) is 13.1 Å². The van der Waals surface area contributed by atoms with Gasteiger partial charge in [0.1, 0.15) is 6.04 Å². The van der Waals surface area contributed by atoms with Crippen molar-refractivity contribution in [2.75, 3.05) is 17.2 Å². The normalized spacial score (nSPS) is 17.0. The second-order valence-electron chi connectivity index (χ2n) is 5.91. The van der Waals surface area contributed by atoms with E-state index in [0.29, 0.717) is 11.3 Å². The zero-order chi connectivity index (χ0) is 18.7. The molecule has 8 nitrogen and oxygen atoms in total. The minimum absolute atomic E-state index is 0.00417. The van der Waals surface area contributed by atoms with Crippen LogP contribution in [-0.4, -0.2) is 37.6 Å². The van der Waals surface area contributed by atoms with Crippen LogP contribution in [0.4, 0.5) is 11.4 Å². The SMILES string of the molecule is O=C1[C@@H](NS(=O)(=O)CCc2ccccc2[N+](=O)[O-])CN1c1ccccc1. The van der Waals surface area contributed by atoms with Crippen molar-refractivity contribution in [1.82, 2.24) is 4.72 Å². The van der Waals surface area contributed by atoms with Crippen LogP contribution in [0.2, 0.25) is 0 Å². The minimum atomic E-state index is -3.74. The van der Waals surface area contributed by atoms with Crippen LogP contribution in [0.1, 0.15) is 5.56 Å². The van der Waals surface area contributed by atoms with Gasteiger partial charge in [0.15, 0.2) is 0 Å². The lowest BCUT2D eigenvalue weighted by Gasteiger charge is -2.38. The van der Waals surface area contributed by atoms with Crippen molar-refractivity contribution in [3.63, 3.8) is 0 Å². The Kier molecular flexibility index (Phi) is 5.01. The molecule has 9 heteroatoms. The van der Waals surface area contributed by atoms with Gasteiger partial charge >= 0.3 is 0 Å². The van der Waals surface area contributed by atoms with Crippen LogP contribution in [0.3, 0.4) is 0 Å². The number of nitrogens with zero attached hydrogens (tertiary/aromatic N) is 2. The molecule has 1 fully saturated rings. The van der Waals surface area contributed by atoms with Crippen LogP contribution in [-0.2, 0) is 21.2 Å². The first-order valence-corrected chi connectivity index (χ1v) is 9.61. The monoisotopic (exact) mass is 375 g/mol. The highest BCUT2D eigenvalue weighted by Crippen LogP contribution is 2.22. The molecule has 0 spiro atoms. The molecule has 0 unspecified atom stereocenters. The fourth-order valence-corrected chi connectivity index (χ4v) is 3.99. The lowest BCUT2D eigenvalue weighted by Crippen LogP contribution is -2.64. The second-order valence-corrected chi connectivity index (χ2v) is 7.78. The van der Waals surface area contributed by atoms with Crippen molar-refractivity contribution in [2.24, 2.45) is 0 Å². The average Bonchev–Trinajstić information content (AvgIpc) is 2.64. The fourth-order valence-electron chi connectivity index (χ4n) is 2.77. The highest BCUT2D eigenvalue weighted by Gasteiger charge is 2.39. The number of aryl methyl sites for hydroxylation is 1. The van der Waals surface area contributed by atoms with Crippen molar-refractivity contribution in [3.05, 3.63) is 70.3 Å². The number of carbonyl (C=O) groups is 1. The highest BCUT2D eigenvalue weighted by atomic mass is 32.2. The van der Waals surface area contributed by atoms with Crippen LogP contribution < -0.4 is 9.62 Å². The lowest BCUT2D eigenvalue weighted by molar-refractivity contribution is -0.385. The maximum atomic E-state index is 12.2. The Labute approximate surface area is 150 Å². The summed E-state index contributed by atoms with van der Waals surface area (Å²) in [5.41, 5.74) is 0.944. The zero-order valence-corrected chi connectivity index (χ0v) is 14.6. The fraction of sp³-hybridized carbons (Fsp3) is 0.235. The summed E-state index contributed by atoms with van der Waals surface area (Å²) < 4.78 is 26.8. The number of para-hydroxylation sites is 2. The van der Waals surface area contributed by atoms with E-state index in [1.807, 2.05) is 6.07 Å². The molecule has 0 aliphatic carbocycles. The molecule has 1 saturated heterocycles. The molecule has 2 aromatic rings. The summed E-state index contributed by atoms with van der Waals surface area (Å²) in [7, 11) is -3.74. The van der Waals surface area contributed by atoms with E-state index in [1.165, 1.54) is 23.1 Å². The molecule has 1 aliphatic rings. The largest absolute Gasteiger partial charge is 0.309 e. The van der Waals surface area contributed by atoms with E-state index < -0.39 is 21.0 Å². The number of benzene rings is 2. The number of sulfonamides is 1. The third kappa shape index (κ3) is 3.89. The number of hydrogen-bond donors (Lipinski definition) is 1. The Bertz CT molecular complexity index is 930. The number of carbonyl (C=O) groups excluding carboxylic acids is 1. The molecule has 0 radical (unpaired) electrons. The molecular weight excluding hydrogens is 358 g/mol. The molecule has 1 heterocycles. The lowest BCUT2D eigenvalue weighted by atomic mass is 10.1. The maximum Gasteiger partial charge on any atom is 0.272 e. The summed E-state index contributed by atoms with van der Waals surface area (Å²) in [4.78, 5) is 24.1. The Morgan fingerprint density at radius 3 is 2.42 bits per heavy atom. The number of nitro benzene ring substituents is 1. The predicted octanol–water partition coefficient (Wildman–Crippen LogP) is 1.47. The summed E-state index contributed by atoms with van der Waals surface area (Å²) in [5.74, 6) is -0.641. The van der Waals surface area contributed by atoms with Crippen molar-refractivity contribution in [2.45, 2.75) is 12.5 Å². The van der Waals surface area contributed by atoms with Gasteiger partial charge in [0.05, 0.1) is 17.2 Å². The molecule has 1 aliphatic heterocycles. The summed E-state index contributed by atoms with van der Waals surface area (Å²) in [5, 5.41) is 11.0. The third-order valence-electron chi connectivity index (χ3n) is 4.15. The van der Waals surface area contributed by atoms with E-state index in [2.05, 4.69) is 4.72 Å². The molecule has 2 aromatic carbocycles. The molecule has 1 amide bonds. The number of β-lactam (4-membered cyclic amide) rings is 1. The third-order valence-corrected chi connectivity index (χ3v) is 5.53. The van der Waals surface area contributed by atoms with E-state index >= 15 is 0 Å². The smallest absolute Gasteiger partial charge is 0.272 e. The maximum absolute atomic E-state index is 12.2. The van der Waals surface area contributed by atoms with Gasteiger partial charge in [-0.3, -0.25) is 14.9 Å². The van der Waals surface area contributed by atoms with Gasteiger partial charge in [0.25, 0.3) is 5.69 Å². The predicted molar refractivity (Wildman–Crippen MR) is 96.3 cm³/mol. The van der Waals surface area contributed by atoms with Gasteiger partial charge in [-0.2, -0.15) is 0 Å². The van der Waals surface area contributed by atoms with Gasteiger partial charge in [-0.1, -0.05) is 36.4 Å². The molecule has 0 saturated carbocycles. The van der Waals surface area contributed by atoms with Gasteiger partial charge in [0, 0.05) is 17.3 Å². The summed E-state index contributed by atoms with van der Waals surface area (Å²) in [6.07, 6.45) is -0.00417. The summed E-state index contributed by atoms with van der Waals surface area (Å²) in [6.45, 7) is 0.258. The number of rotatable bonds is 7. The van der Waals surface area contributed by atoms with Crippen LogP contribution >= 0.6 is 0 Å². The van der Waals surface area contributed by atoms with E-state index in [1.54, 1.807) is 30.3 Å².